The van der Waals surface area contributed by atoms with Gasteiger partial charge in [-0.2, -0.15) is 0 Å². The van der Waals surface area contributed by atoms with Crippen LogP contribution in [0.1, 0.15) is 91.0 Å². The first-order chi connectivity index (χ1) is 11.2. The van der Waals surface area contributed by atoms with Crippen molar-refractivity contribution >= 4 is 11.7 Å². The molecular formula is C22H33NO2. The molecule has 3 nitrogen and oxygen atoms in total. The van der Waals surface area contributed by atoms with Crippen LogP contribution in [0.4, 0.5) is 0 Å². The number of oxime groups is 1. The third-order valence-corrected chi connectivity index (χ3v) is 5.11. The Hall–Kier alpha value is -1.64. The molecule has 0 unspecified atom stereocenters. The van der Waals surface area contributed by atoms with Crippen LogP contribution in [0.2, 0.25) is 0 Å². The minimum absolute atomic E-state index is 0.0603. The summed E-state index contributed by atoms with van der Waals surface area (Å²) in [5.41, 5.74) is 5.64. The lowest BCUT2D eigenvalue weighted by Gasteiger charge is -2.26. The van der Waals surface area contributed by atoms with Gasteiger partial charge in [0.25, 0.3) is 0 Å². The van der Waals surface area contributed by atoms with Crippen molar-refractivity contribution in [2.45, 2.75) is 86.0 Å². The van der Waals surface area contributed by atoms with Gasteiger partial charge in [-0.05, 0) is 74.1 Å². The Bertz CT molecular complexity index is 713. The number of carbonyl (C=O) groups is 1. The van der Waals surface area contributed by atoms with E-state index in [1.165, 1.54) is 16.7 Å². The first-order valence-electron chi connectivity index (χ1n) is 9.18. The number of carbonyl (C=O) groups excluding carboxylic acids is 1. The SMILES string of the molecule is C/C(=N\OC(=O)C(C)(C)C)c1cc(C(C)(C)C)cc2c1CCC2(C)C. The zero-order chi connectivity index (χ0) is 19.2. The number of benzene rings is 1. The summed E-state index contributed by atoms with van der Waals surface area (Å²) in [5.74, 6) is -0.309. The second-order valence-corrected chi connectivity index (χ2v) is 9.99. The Morgan fingerprint density at radius 1 is 1.12 bits per heavy atom. The van der Waals surface area contributed by atoms with Crippen molar-refractivity contribution in [3.05, 3.63) is 34.4 Å². The van der Waals surface area contributed by atoms with Gasteiger partial charge in [0.05, 0.1) is 11.1 Å². The number of nitrogens with zero attached hydrogens (tertiary/aromatic N) is 1. The maximum Gasteiger partial charge on any atom is 0.340 e. The number of hydrogen-bond donors (Lipinski definition) is 0. The zero-order valence-corrected chi connectivity index (χ0v) is 17.3. The molecular weight excluding hydrogens is 310 g/mol. The quantitative estimate of drug-likeness (QED) is 0.403. The van der Waals surface area contributed by atoms with Crippen molar-refractivity contribution < 1.29 is 9.63 Å². The smallest absolute Gasteiger partial charge is 0.317 e. The van der Waals surface area contributed by atoms with Gasteiger partial charge in [0.15, 0.2) is 0 Å². The van der Waals surface area contributed by atoms with Crippen molar-refractivity contribution in [2.24, 2.45) is 10.6 Å². The van der Waals surface area contributed by atoms with Crippen LogP contribution in [-0.4, -0.2) is 11.7 Å². The Morgan fingerprint density at radius 2 is 1.72 bits per heavy atom. The van der Waals surface area contributed by atoms with Crippen LogP contribution in [-0.2, 0) is 26.9 Å². The number of hydrogen-bond acceptors (Lipinski definition) is 3. The van der Waals surface area contributed by atoms with E-state index in [0.29, 0.717) is 0 Å². The van der Waals surface area contributed by atoms with Gasteiger partial charge in [-0.15, -0.1) is 0 Å². The Morgan fingerprint density at radius 3 is 2.24 bits per heavy atom. The van der Waals surface area contributed by atoms with Gasteiger partial charge in [-0.25, -0.2) is 4.79 Å². The molecule has 0 aliphatic heterocycles. The van der Waals surface area contributed by atoms with E-state index in [2.05, 4.69) is 51.9 Å². The van der Waals surface area contributed by atoms with Gasteiger partial charge < -0.3 is 4.84 Å². The molecule has 2 rings (SSSR count). The predicted octanol–water partition coefficient (Wildman–Crippen LogP) is 5.52. The molecule has 0 radical (unpaired) electrons. The standard InChI is InChI=1S/C22H33NO2/c1-14(23-25-19(24)21(5,6)7)17-12-15(20(2,3)4)13-18-16(17)10-11-22(18,8)9/h12-13H,10-11H2,1-9H3/b23-14+. The van der Waals surface area contributed by atoms with Gasteiger partial charge in [0, 0.05) is 5.56 Å². The molecule has 0 fully saturated rings. The van der Waals surface area contributed by atoms with Gasteiger partial charge in [0.2, 0.25) is 0 Å². The monoisotopic (exact) mass is 343 g/mol. The van der Waals surface area contributed by atoms with Gasteiger partial charge in [-0.3, -0.25) is 0 Å². The van der Waals surface area contributed by atoms with Gasteiger partial charge in [-0.1, -0.05) is 45.8 Å². The van der Waals surface area contributed by atoms with Crippen LogP contribution in [0.25, 0.3) is 0 Å². The van der Waals surface area contributed by atoms with Gasteiger partial charge in [0.1, 0.15) is 0 Å². The second kappa shape index (κ2) is 6.26. The van der Waals surface area contributed by atoms with Gasteiger partial charge >= 0.3 is 5.97 Å². The third-order valence-electron chi connectivity index (χ3n) is 5.11. The summed E-state index contributed by atoms with van der Waals surface area (Å²) in [7, 11) is 0. The Balaban J connectivity index is 2.50. The highest BCUT2D eigenvalue weighted by atomic mass is 16.7. The van der Waals surface area contributed by atoms with E-state index in [1.54, 1.807) is 0 Å². The van der Waals surface area contributed by atoms with Crippen molar-refractivity contribution in [3.8, 4) is 0 Å². The Kier molecular flexibility index (Phi) is 4.93. The topological polar surface area (TPSA) is 38.7 Å². The van der Waals surface area contributed by atoms with E-state index in [1.807, 2.05) is 27.7 Å². The van der Waals surface area contributed by atoms with Crippen LogP contribution >= 0.6 is 0 Å². The summed E-state index contributed by atoms with van der Waals surface area (Å²) in [6, 6.07) is 4.59. The molecule has 0 saturated heterocycles. The van der Waals surface area contributed by atoms with Crippen molar-refractivity contribution in [1.82, 2.24) is 0 Å². The molecule has 0 amide bonds. The van der Waals surface area contributed by atoms with E-state index in [0.717, 1.165) is 24.1 Å². The first kappa shape index (κ1) is 19.7. The summed E-state index contributed by atoms with van der Waals surface area (Å²) in [6.07, 6.45) is 2.18. The molecule has 0 atom stereocenters. The van der Waals surface area contributed by atoms with Crippen LogP contribution in [0.15, 0.2) is 17.3 Å². The van der Waals surface area contributed by atoms with Crippen molar-refractivity contribution in [1.29, 1.82) is 0 Å². The van der Waals surface area contributed by atoms with E-state index in [9.17, 15) is 4.79 Å². The largest absolute Gasteiger partial charge is 0.340 e. The molecule has 3 heteroatoms. The minimum atomic E-state index is -0.555. The number of fused-ring (bicyclic) bond motifs is 1. The number of rotatable bonds is 2. The van der Waals surface area contributed by atoms with Crippen molar-refractivity contribution in [2.75, 3.05) is 0 Å². The van der Waals surface area contributed by atoms with Crippen LogP contribution < -0.4 is 0 Å². The second-order valence-electron chi connectivity index (χ2n) is 9.99. The van der Waals surface area contributed by atoms with E-state index < -0.39 is 5.41 Å². The Labute approximate surface area is 152 Å². The molecule has 1 aliphatic rings. The predicted molar refractivity (Wildman–Crippen MR) is 104 cm³/mol. The third kappa shape index (κ3) is 4.13. The summed E-state index contributed by atoms with van der Waals surface area (Å²) in [5, 5.41) is 4.18. The molecule has 0 heterocycles. The van der Waals surface area contributed by atoms with Crippen LogP contribution in [0, 0.1) is 5.41 Å². The molecule has 0 saturated carbocycles. The first-order valence-corrected chi connectivity index (χ1v) is 9.18. The van der Waals surface area contributed by atoms with E-state index in [-0.39, 0.29) is 16.8 Å². The normalized spacial score (nSPS) is 17.4. The highest BCUT2D eigenvalue weighted by Crippen LogP contribution is 2.42. The molecule has 25 heavy (non-hydrogen) atoms. The average molecular weight is 344 g/mol. The highest BCUT2D eigenvalue weighted by Gasteiger charge is 2.33. The summed E-state index contributed by atoms with van der Waals surface area (Å²) < 4.78 is 0. The molecule has 138 valence electrons. The molecule has 1 aliphatic carbocycles. The lowest BCUT2D eigenvalue weighted by Crippen LogP contribution is -2.22. The molecule has 1 aromatic carbocycles. The van der Waals surface area contributed by atoms with E-state index >= 15 is 0 Å². The average Bonchev–Trinajstić information content (AvgIpc) is 2.77. The molecule has 0 aromatic heterocycles. The summed E-state index contributed by atoms with van der Waals surface area (Å²) >= 11 is 0. The maximum atomic E-state index is 12.0. The van der Waals surface area contributed by atoms with E-state index in [4.69, 9.17) is 4.84 Å². The summed E-state index contributed by atoms with van der Waals surface area (Å²) in [6.45, 7) is 18.7. The fraction of sp³-hybridized carbons (Fsp3) is 0.636. The van der Waals surface area contributed by atoms with Crippen LogP contribution in [0.3, 0.4) is 0 Å². The molecule has 0 spiro atoms. The lowest BCUT2D eigenvalue weighted by atomic mass is 9.79. The molecule has 0 bridgehead atoms. The van der Waals surface area contributed by atoms with Crippen molar-refractivity contribution in [3.63, 3.8) is 0 Å². The summed E-state index contributed by atoms with van der Waals surface area (Å²) in [4.78, 5) is 17.2. The molecule has 0 N–H and O–H groups in total. The zero-order valence-electron chi connectivity index (χ0n) is 17.3. The highest BCUT2D eigenvalue weighted by molar-refractivity contribution is 6.01. The molecule has 1 aromatic rings. The fourth-order valence-electron chi connectivity index (χ4n) is 3.17. The van der Waals surface area contributed by atoms with Crippen LogP contribution in [0.5, 0.6) is 0 Å². The fourth-order valence-corrected chi connectivity index (χ4v) is 3.17. The minimum Gasteiger partial charge on any atom is -0.317 e. The lowest BCUT2D eigenvalue weighted by molar-refractivity contribution is -0.152. The maximum absolute atomic E-state index is 12.0.